The number of carbonyl (C=O) groups is 1. The molecule has 17 heavy (non-hydrogen) atoms. The van der Waals surface area contributed by atoms with Gasteiger partial charge in [0, 0.05) is 6.54 Å². The highest BCUT2D eigenvalue weighted by atomic mass is 16.3. The number of furan rings is 1. The Hall–Kier alpha value is -1.33. The molecule has 1 atom stereocenters. The highest BCUT2D eigenvalue weighted by Crippen LogP contribution is 2.19. The molecule has 0 saturated heterocycles. The fraction of sp³-hybridized carbons (Fsp3) is 0.583. The lowest BCUT2D eigenvalue weighted by Crippen LogP contribution is -2.38. The maximum absolute atomic E-state index is 11.1. The van der Waals surface area contributed by atoms with Crippen LogP contribution in [-0.4, -0.2) is 42.2 Å². The summed E-state index contributed by atoms with van der Waals surface area (Å²) in [6.45, 7) is 5.83. The van der Waals surface area contributed by atoms with E-state index in [2.05, 4.69) is 24.1 Å². The summed E-state index contributed by atoms with van der Waals surface area (Å²) >= 11 is 0. The molecule has 1 rings (SSSR count). The van der Waals surface area contributed by atoms with E-state index in [0.29, 0.717) is 6.54 Å². The van der Waals surface area contributed by atoms with Gasteiger partial charge in [-0.15, -0.1) is 0 Å². The average molecular weight is 240 g/mol. The number of aliphatic hydroxyl groups is 1. The molecule has 0 aliphatic rings. The summed E-state index contributed by atoms with van der Waals surface area (Å²) in [7, 11) is 0. The van der Waals surface area contributed by atoms with Crippen LogP contribution >= 0.6 is 0 Å². The maximum atomic E-state index is 11.1. The molecule has 5 heteroatoms. The van der Waals surface area contributed by atoms with Crippen LogP contribution < -0.4 is 5.32 Å². The first kappa shape index (κ1) is 13.7. The second kappa shape index (κ2) is 7.09. The fourth-order valence-corrected chi connectivity index (χ4v) is 1.82. The van der Waals surface area contributed by atoms with E-state index in [-0.39, 0.29) is 11.9 Å². The molecule has 2 N–H and O–H groups in total. The molecule has 5 nitrogen and oxygen atoms in total. The van der Waals surface area contributed by atoms with Crippen LogP contribution in [0.4, 0.5) is 0 Å². The van der Waals surface area contributed by atoms with Crippen molar-refractivity contribution in [3.8, 4) is 0 Å². The topological polar surface area (TPSA) is 65.7 Å². The first-order valence-corrected chi connectivity index (χ1v) is 5.87. The summed E-state index contributed by atoms with van der Waals surface area (Å²) in [6.07, 6.45) is 1.62. The van der Waals surface area contributed by atoms with Crippen LogP contribution in [0.2, 0.25) is 0 Å². The minimum Gasteiger partial charge on any atom is -0.468 e. The summed E-state index contributed by atoms with van der Waals surface area (Å²) in [5, 5.41) is 11.4. The van der Waals surface area contributed by atoms with Gasteiger partial charge in [-0.2, -0.15) is 0 Å². The molecule has 1 aromatic rings. The zero-order valence-electron chi connectivity index (χ0n) is 10.3. The summed E-state index contributed by atoms with van der Waals surface area (Å²) in [5.74, 6) is 0.459. The Balaban J connectivity index is 2.69. The quantitative estimate of drug-likeness (QED) is 0.739. The summed E-state index contributed by atoms with van der Waals surface area (Å²) in [6, 6.07) is 3.74. The van der Waals surface area contributed by atoms with Gasteiger partial charge in [-0.3, -0.25) is 9.69 Å². The SMILES string of the molecule is CCN(CC)C(CNC(=O)CO)c1ccco1. The molecule has 0 radical (unpaired) electrons. The molecule has 0 bridgehead atoms. The predicted octanol–water partition coefficient (Wildman–Crippen LogP) is 0.771. The molecule has 0 fully saturated rings. The van der Waals surface area contributed by atoms with Gasteiger partial charge in [-0.05, 0) is 25.2 Å². The first-order valence-electron chi connectivity index (χ1n) is 5.87. The van der Waals surface area contributed by atoms with Gasteiger partial charge >= 0.3 is 0 Å². The van der Waals surface area contributed by atoms with Crippen molar-refractivity contribution in [1.82, 2.24) is 10.2 Å². The zero-order chi connectivity index (χ0) is 12.7. The molecule has 0 aliphatic heterocycles. The maximum Gasteiger partial charge on any atom is 0.245 e. The number of hydrogen-bond donors (Lipinski definition) is 2. The van der Waals surface area contributed by atoms with Crippen molar-refractivity contribution in [2.75, 3.05) is 26.2 Å². The molecule has 0 saturated carbocycles. The molecular weight excluding hydrogens is 220 g/mol. The molecule has 0 aromatic carbocycles. The second-order valence-electron chi connectivity index (χ2n) is 3.71. The Kier molecular flexibility index (Phi) is 5.72. The van der Waals surface area contributed by atoms with Crippen LogP contribution in [0.3, 0.4) is 0 Å². The van der Waals surface area contributed by atoms with Crippen molar-refractivity contribution in [2.45, 2.75) is 19.9 Å². The van der Waals surface area contributed by atoms with Crippen molar-refractivity contribution in [2.24, 2.45) is 0 Å². The van der Waals surface area contributed by atoms with Gasteiger partial charge in [-0.1, -0.05) is 13.8 Å². The van der Waals surface area contributed by atoms with Crippen molar-refractivity contribution < 1.29 is 14.3 Å². The average Bonchev–Trinajstić information content (AvgIpc) is 2.87. The van der Waals surface area contributed by atoms with Gasteiger partial charge in [0.15, 0.2) is 0 Å². The Bertz CT molecular complexity index is 321. The highest BCUT2D eigenvalue weighted by Gasteiger charge is 2.20. The zero-order valence-corrected chi connectivity index (χ0v) is 10.3. The Labute approximate surface area is 101 Å². The largest absolute Gasteiger partial charge is 0.468 e. The second-order valence-corrected chi connectivity index (χ2v) is 3.71. The lowest BCUT2D eigenvalue weighted by atomic mass is 10.2. The molecule has 0 spiro atoms. The van der Waals surface area contributed by atoms with Gasteiger partial charge in [0.05, 0.1) is 12.3 Å². The standard InChI is InChI=1S/C12H20N2O3/c1-3-14(4-2)10(8-13-12(16)9-15)11-6-5-7-17-11/h5-7,10,15H,3-4,8-9H2,1-2H3,(H,13,16). The molecule has 1 unspecified atom stereocenters. The van der Waals surface area contributed by atoms with E-state index in [1.54, 1.807) is 6.26 Å². The van der Waals surface area contributed by atoms with Gasteiger partial charge in [-0.25, -0.2) is 0 Å². The summed E-state index contributed by atoms with van der Waals surface area (Å²) in [4.78, 5) is 13.3. The van der Waals surface area contributed by atoms with Crippen molar-refractivity contribution in [3.63, 3.8) is 0 Å². The number of likely N-dealkylation sites (N-methyl/N-ethyl adjacent to an activating group) is 1. The number of aliphatic hydroxyl groups excluding tert-OH is 1. The van der Waals surface area contributed by atoms with Gasteiger partial charge in [0.25, 0.3) is 0 Å². The molecule has 1 heterocycles. The predicted molar refractivity (Wildman–Crippen MR) is 64.5 cm³/mol. The molecular formula is C12H20N2O3. The number of amides is 1. The van der Waals surface area contributed by atoms with Crippen LogP contribution in [0, 0.1) is 0 Å². The third-order valence-corrected chi connectivity index (χ3v) is 2.76. The minimum absolute atomic E-state index is 0.00972. The van der Waals surface area contributed by atoms with Crippen molar-refractivity contribution in [1.29, 1.82) is 0 Å². The van der Waals surface area contributed by atoms with E-state index in [1.165, 1.54) is 0 Å². The Morgan fingerprint density at radius 3 is 2.71 bits per heavy atom. The number of nitrogens with zero attached hydrogens (tertiary/aromatic N) is 1. The third kappa shape index (κ3) is 3.87. The van der Waals surface area contributed by atoms with Crippen LogP contribution in [0.25, 0.3) is 0 Å². The Morgan fingerprint density at radius 2 is 2.24 bits per heavy atom. The van der Waals surface area contributed by atoms with Crippen molar-refractivity contribution in [3.05, 3.63) is 24.2 Å². The van der Waals surface area contributed by atoms with E-state index in [0.717, 1.165) is 18.8 Å². The van der Waals surface area contributed by atoms with Gasteiger partial charge in [0.2, 0.25) is 5.91 Å². The minimum atomic E-state index is -0.483. The van der Waals surface area contributed by atoms with Crippen LogP contribution in [0.15, 0.2) is 22.8 Å². The van der Waals surface area contributed by atoms with E-state index >= 15 is 0 Å². The molecule has 1 aromatic heterocycles. The fourth-order valence-electron chi connectivity index (χ4n) is 1.82. The lowest BCUT2D eigenvalue weighted by molar-refractivity contribution is -0.124. The lowest BCUT2D eigenvalue weighted by Gasteiger charge is -2.28. The molecule has 96 valence electrons. The van der Waals surface area contributed by atoms with Crippen LogP contribution in [-0.2, 0) is 4.79 Å². The van der Waals surface area contributed by atoms with E-state index in [4.69, 9.17) is 9.52 Å². The summed E-state index contributed by atoms with van der Waals surface area (Å²) in [5.41, 5.74) is 0. The summed E-state index contributed by atoms with van der Waals surface area (Å²) < 4.78 is 5.39. The van der Waals surface area contributed by atoms with Gasteiger partial charge < -0.3 is 14.8 Å². The van der Waals surface area contributed by atoms with E-state index < -0.39 is 6.61 Å². The number of rotatable bonds is 7. The smallest absolute Gasteiger partial charge is 0.245 e. The highest BCUT2D eigenvalue weighted by molar-refractivity contribution is 5.76. The number of carbonyl (C=O) groups excluding carboxylic acids is 1. The monoisotopic (exact) mass is 240 g/mol. The van der Waals surface area contributed by atoms with E-state index in [9.17, 15) is 4.79 Å². The van der Waals surface area contributed by atoms with Crippen LogP contribution in [0.1, 0.15) is 25.6 Å². The normalized spacial score (nSPS) is 12.7. The third-order valence-electron chi connectivity index (χ3n) is 2.76. The molecule has 0 aliphatic carbocycles. The van der Waals surface area contributed by atoms with E-state index in [1.807, 2.05) is 12.1 Å². The van der Waals surface area contributed by atoms with Crippen LogP contribution in [0.5, 0.6) is 0 Å². The number of hydrogen-bond acceptors (Lipinski definition) is 4. The first-order chi connectivity index (χ1) is 8.22. The molecule has 1 amide bonds. The number of nitrogens with one attached hydrogen (secondary N) is 1. The Morgan fingerprint density at radius 1 is 1.53 bits per heavy atom. The van der Waals surface area contributed by atoms with Gasteiger partial charge in [0.1, 0.15) is 12.4 Å². The van der Waals surface area contributed by atoms with Crippen molar-refractivity contribution >= 4 is 5.91 Å².